The number of piperidine rings is 1. The smallest absolute Gasteiger partial charge is 0.239 e. The van der Waals surface area contributed by atoms with E-state index < -0.39 is 5.92 Å². The molecule has 2 unspecified atom stereocenters. The van der Waals surface area contributed by atoms with Gasteiger partial charge in [-0.3, -0.25) is 14.4 Å². The number of carbonyl (C=O) groups is 3. The quantitative estimate of drug-likeness (QED) is 0.534. The van der Waals surface area contributed by atoms with Crippen molar-refractivity contribution in [1.29, 1.82) is 0 Å². The Labute approximate surface area is 172 Å². The highest BCUT2D eigenvalue weighted by molar-refractivity contribution is 6.09. The van der Waals surface area contributed by atoms with Crippen molar-refractivity contribution < 1.29 is 14.4 Å². The van der Waals surface area contributed by atoms with Crippen LogP contribution in [0.4, 0.5) is 5.69 Å². The summed E-state index contributed by atoms with van der Waals surface area (Å²) in [5, 5.41) is 2.92. The minimum atomic E-state index is -0.606. The Hall–Kier alpha value is -2.41. The Morgan fingerprint density at radius 3 is 2.69 bits per heavy atom. The summed E-state index contributed by atoms with van der Waals surface area (Å²) in [6.45, 7) is 7.65. The first-order valence-corrected chi connectivity index (χ1v) is 10.5. The van der Waals surface area contributed by atoms with E-state index in [4.69, 9.17) is 5.73 Å². The van der Waals surface area contributed by atoms with Crippen LogP contribution < -0.4 is 16.0 Å². The number of nitrogens with zero attached hydrogens (tertiary/aromatic N) is 2. The highest BCUT2D eigenvalue weighted by Gasteiger charge is 2.37. The monoisotopic (exact) mass is 400 g/mol. The molecule has 0 saturated carbocycles. The highest BCUT2D eigenvalue weighted by atomic mass is 16.2. The molecule has 3 N–H and O–H groups in total. The van der Waals surface area contributed by atoms with Gasteiger partial charge in [0.2, 0.25) is 17.7 Å². The molecule has 2 aliphatic rings. The molecule has 2 heterocycles. The van der Waals surface area contributed by atoms with Crippen molar-refractivity contribution in [2.24, 2.45) is 17.6 Å². The molecule has 158 valence electrons. The molecule has 1 aromatic carbocycles. The van der Waals surface area contributed by atoms with Gasteiger partial charge in [0.15, 0.2) is 0 Å². The molecular weight excluding hydrogens is 368 g/mol. The first kappa shape index (κ1) is 21.3. The van der Waals surface area contributed by atoms with E-state index in [2.05, 4.69) is 10.2 Å². The minimum absolute atomic E-state index is 0.0640. The van der Waals surface area contributed by atoms with Crippen LogP contribution >= 0.6 is 0 Å². The third kappa shape index (κ3) is 5.15. The van der Waals surface area contributed by atoms with Crippen LogP contribution in [0.2, 0.25) is 0 Å². The summed E-state index contributed by atoms with van der Waals surface area (Å²) in [6, 6.07) is 5.96. The van der Waals surface area contributed by atoms with Crippen molar-refractivity contribution >= 4 is 23.4 Å². The Kier molecular flexibility index (Phi) is 6.90. The van der Waals surface area contributed by atoms with Crippen molar-refractivity contribution in [3.8, 4) is 0 Å². The molecule has 2 saturated heterocycles. The first-order chi connectivity index (χ1) is 13.9. The van der Waals surface area contributed by atoms with Crippen LogP contribution in [0.3, 0.4) is 0 Å². The number of anilines is 1. The van der Waals surface area contributed by atoms with Gasteiger partial charge in [-0.1, -0.05) is 6.07 Å². The number of nitrogens with one attached hydrogen (secondary N) is 1. The zero-order valence-corrected chi connectivity index (χ0v) is 17.4. The summed E-state index contributed by atoms with van der Waals surface area (Å²) in [7, 11) is 0. The number of benzene rings is 1. The third-order valence-corrected chi connectivity index (χ3v) is 6.18. The average molecular weight is 401 g/mol. The predicted octanol–water partition coefficient (Wildman–Crippen LogP) is 1.36. The van der Waals surface area contributed by atoms with E-state index >= 15 is 0 Å². The molecular formula is C22H32N4O3. The van der Waals surface area contributed by atoms with Gasteiger partial charge in [0.1, 0.15) is 5.92 Å². The fourth-order valence-corrected chi connectivity index (χ4v) is 4.20. The van der Waals surface area contributed by atoms with Crippen molar-refractivity contribution in [3.05, 3.63) is 29.3 Å². The van der Waals surface area contributed by atoms with E-state index in [0.717, 1.165) is 43.6 Å². The van der Waals surface area contributed by atoms with Crippen LogP contribution in [0.5, 0.6) is 0 Å². The maximum absolute atomic E-state index is 12.7. The largest absolute Gasteiger partial charge is 0.369 e. The molecule has 3 rings (SSSR count). The van der Waals surface area contributed by atoms with Crippen molar-refractivity contribution in [1.82, 2.24) is 10.2 Å². The number of hydrogen-bond donors (Lipinski definition) is 2. The van der Waals surface area contributed by atoms with Crippen LogP contribution in [0.1, 0.15) is 36.8 Å². The van der Waals surface area contributed by atoms with Crippen molar-refractivity contribution in [3.63, 3.8) is 0 Å². The summed E-state index contributed by atoms with van der Waals surface area (Å²) in [5.74, 6) is -1.20. The van der Waals surface area contributed by atoms with E-state index in [-0.39, 0.29) is 23.6 Å². The fraction of sp³-hybridized carbons (Fsp3) is 0.591. The molecule has 0 radical (unpaired) electrons. The number of aryl methyl sites for hydroxylation is 2. The van der Waals surface area contributed by atoms with Crippen molar-refractivity contribution in [2.75, 3.05) is 37.6 Å². The lowest BCUT2D eigenvalue weighted by Crippen LogP contribution is -2.42. The number of carbonyl (C=O) groups excluding carboxylic acids is 3. The molecule has 29 heavy (non-hydrogen) atoms. The normalized spacial score (nSPS) is 22.7. The zero-order chi connectivity index (χ0) is 21.0. The lowest BCUT2D eigenvalue weighted by Gasteiger charge is -2.31. The number of rotatable bonds is 7. The number of likely N-dealkylation sites (tertiary alicyclic amines) is 1. The van der Waals surface area contributed by atoms with Crippen LogP contribution in [-0.2, 0) is 14.4 Å². The number of amides is 3. The Morgan fingerprint density at radius 2 is 1.97 bits per heavy atom. The second-order valence-electron chi connectivity index (χ2n) is 8.29. The van der Waals surface area contributed by atoms with E-state index in [9.17, 15) is 14.4 Å². The van der Waals surface area contributed by atoms with Crippen LogP contribution in [0, 0.1) is 25.7 Å². The molecule has 0 spiro atoms. The van der Waals surface area contributed by atoms with Gasteiger partial charge in [0, 0.05) is 25.3 Å². The van der Waals surface area contributed by atoms with Gasteiger partial charge in [-0.2, -0.15) is 0 Å². The van der Waals surface area contributed by atoms with Crippen LogP contribution in [0.25, 0.3) is 0 Å². The molecule has 7 nitrogen and oxygen atoms in total. The van der Waals surface area contributed by atoms with Gasteiger partial charge in [-0.15, -0.1) is 0 Å². The Morgan fingerprint density at radius 1 is 1.17 bits per heavy atom. The lowest BCUT2D eigenvalue weighted by molar-refractivity contribution is -0.132. The van der Waals surface area contributed by atoms with Gasteiger partial charge < -0.3 is 20.9 Å². The number of primary amides is 1. The number of hydrogen-bond acceptors (Lipinski definition) is 4. The summed E-state index contributed by atoms with van der Waals surface area (Å²) >= 11 is 0. The first-order valence-electron chi connectivity index (χ1n) is 10.5. The minimum Gasteiger partial charge on any atom is -0.369 e. The molecule has 0 aliphatic carbocycles. The topological polar surface area (TPSA) is 95.7 Å². The van der Waals surface area contributed by atoms with Crippen LogP contribution in [0.15, 0.2) is 18.2 Å². The lowest BCUT2D eigenvalue weighted by atomic mass is 9.97. The Balaban J connectivity index is 1.43. The molecule has 0 aromatic heterocycles. The van der Waals surface area contributed by atoms with Crippen LogP contribution in [-0.4, -0.2) is 55.3 Å². The molecule has 3 amide bonds. The van der Waals surface area contributed by atoms with Gasteiger partial charge >= 0.3 is 0 Å². The maximum Gasteiger partial charge on any atom is 0.239 e. The summed E-state index contributed by atoms with van der Waals surface area (Å²) in [4.78, 5) is 40.6. The summed E-state index contributed by atoms with van der Waals surface area (Å²) < 4.78 is 0. The second-order valence-corrected chi connectivity index (χ2v) is 8.29. The van der Waals surface area contributed by atoms with Gasteiger partial charge in [0.05, 0.1) is 5.92 Å². The standard InChI is InChI=1S/C22H32N4O3/c1-15-6-7-18(13-16(15)2)26-12-8-19(22(26)29)21(28)24-9-4-11-25-10-3-5-17(14-25)20(23)27/h6-7,13,17,19H,3-5,8-12,14H2,1-2H3,(H2,23,27)(H,24,28). The van der Waals surface area contributed by atoms with E-state index in [1.807, 2.05) is 32.0 Å². The van der Waals surface area contributed by atoms with Gasteiger partial charge in [-0.05, 0) is 75.9 Å². The number of nitrogens with two attached hydrogens (primary N) is 1. The molecule has 1 aromatic rings. The Bertz CT molecular complexity index is 779. The molecule has 2 atom stereocenters. The molecule has 2 fully saturated rings. The third-order valence-electron chi connectivity index (χ3n) is 6.18. The SMILES string of the molecule is Cc1ccc(N2CCC(C(=O)NCCCN3CCCC(C(N)=O)C3)C2=O)cc1C. The maximum atomic E-state index is 12.7. The highest BCUT2D eigenvalue weighted by Crippen LogP contribution is 2.27. The van der Waals surface area contributed by atoms with Gasteiger partial charge in [0.25, 0.3) is 0 Å². The molecule has 7 heteroatoms. The zero-order valence-electron chi connectivity index (χ0n) is 17.4. The van der Waals surface area contributed by atoms with E-state index in [0.29, 0.717) is 26.1 Å². The summed E-state index contributed by atoms with van der Waals surface area (Å²) in [5.41, 5.74) is 8.60. The van der Waals surface area contributed by atoms with Crippen molar-refractivity contribution in [2.45, 2.75) is 39.5 Å². The molecule has 0 bridgehead atoms. The second kappa shape index (κ2) is 9.39. The fourth-order valence-electron chi connectivity index (χ4n) is 4.20. The predicted molar refractivity (Wildman–Crippen MR) is 112 cm³/mol. The average Bonchev–Trinajstić information content (AvgIpc) is 3.09. The van der Waals surface area contributed by atoms with Gasteiger partial charge in [-0.25, -0.2) is 0 Å². The van der Waals surface area contributed by atoms with E-state index in [1.54, 1.807) is 4.90 Å². The summed E-state index contributed by atoms with van der Waals surface area (Å²) in [6.07, 6.45) is 3.18. The molecule has 2 aliphatic heterocycles. The van der Waals surface area contributed by atoms with E-state index in [1.165, 1.54) is 5.56 Å².